The van der Waals surface area contributed by atoms with Gasteiger partial charge in [0.1, 0.15) is 27.8 Å². The smallest absolute Gasteiger partial charge is 0.246 e. The number of sulfonamides is 1. The summed E-state index contributed by atoms with van der Waals surface area (Å²) in [6.45, 7) is 1.86. The maximum atomic E-state index is 13.7. The fraction of sp³-hybridized carbons (Fsp3) is 0.278. The maximum absolute atomic E-state index is 13.7. The summed E-state index contributed by atoms with van der Waals surface area (Å²) in [7, 11) is -3.93. The minimum Gasteiger partial charge on any atom is -0.325 e. The Balaban J connectivity index is 1.63. The monoisotopic (exact) mass is 420 g/mol. The molecule has 0 saturated carbocycles. The number of benzene rings is 2. The molecule has 0 aliphatic carbocycles. The molecule has 10 heteroatoms. The molecule has 146 valence electrons. The molecule has 1 amide bonds. The number of nitrogens with zero attached hydrogens (tertiary/aromatic N) is 3. The molecule has 2 heterocycles. The van der Waals surface area contributed by atoms with Crippen molar-refractivity contribution in [3.05, 3.63) is 47.8 Å². The van der Waals surface area contributed by atoms with Gasteiger partial charge < -0.3 is 5.32 Å². The van der Waals surface area contributed by atoms with Crippen molar-refractivity contribution in [3.63, 3.8) is 0 Å². The minimum absolute atomic E-state index is 0.0415. The SMILES string of the molecule is Cc1ccc(NC(=O)[C@@H]2CCCN2S(=O)(=O)c2cccc3nsnc23)cc1F. The highest BCUT2D eigenvalue weighted by Gasteiger charge is 2.40. The van der Waals surface area contributed by atoms with Crippen LogP contribution < -0.4 is 5.32 Å². The Kier molecular flexibility index (Phi) is 4.86. The van der Waals surface area contributed by atoms with E-state index in [9.17, 15) is 17.6 Å². The molecule has 1 aliphatic heterocycles. The first-order chi connectivity index (χ1) is 13.4. The van der Waals surface area contributed by atoms with Crippen LogP contribution in [0.1, 0.15) is 18.4 Å². The van der Waals surface area contributed by atoms with Crippen molar-refractivity contribution in [2.24, 2.45) is 0 Å². The molecular weight excluding hydrogens is 403 g/mol. The molecule has 4 rings (SSSR count). The molecule has 1 atom stereocenters. The van der Waals surface area contributed by atoms with E-state index in [1.807, 2.05) is 0 Å². The first-order valence-electron chi connectivity index (χ1n) is 8.68. The number of halogens is 1. The van der Waals surface area contributed by atoms with Gasteiger partial charge in [0.05, 0.1) is 11.7 Å². The van der Waals surface area contributed by atoms with Crippen LogP contribution in [-0.2, 0) is 14.8 Å². The first kappa shape index (κ1) is 18.9. The van der Waals surface area contributed by atoms with Gasteiger partial charge in [0, 0.05) is 12.2 Å². The van der Waals surface area contributed by atoms with Gasteiger partial charge in [-0.25, -0.2) is 12.8 Å². The van der Waals surface area contributed by atoms with E-state index < -0.39 is 27.8 Å². The summed E-state index contributed by atoms with van der Waals surface area (Å²) in [4.78, 5) is 12.8. The van der Waals surface area contributed by atoms with Gasteiger partial charge in [0.2, 0.25) is 15.9 Å². The van der Waals surface area contributed by atoms with Crippen molar-refractivity contribution in [2.75, 3.05) is 11.9 Å². The van der Waals surface area contributed by atoms with Gasteiger partial charge in [-0.3, -0.25) is 4.79 Å². The number of aromatic nitrogens is 2. The van der Waals surface area contributed by atoms with E-state index in [2.05, 4.69) is 14.1 Å². The van der Waals surface area contributed by atoms with Gasteiger partial charge in [0.15, 0.2) is 0 Å². The van der Waals surface area contributed by atoms with Crippen LogP contribution in [0.4, 0.5) is 10.1 Å². The van der Waals surface area contributed by atoms with Crippen molar-refractivity contribution in [1.82, 2.24) is 13.1 Å². The molecule has 0 unspecified atom stereocenters. The number of rotatable bonds is 4. The Hall–Kier alpha value is -2.43. The number of aryl methyl sites for hydroxylation is 1. The normalized spacial score (nSPS) is 17.9. The van der Waals surface area contributed by atoms with Crippen LogP contribution in [0, 0.1) is 12.7 Å². The van der Waals surface area contributed by atoms with E-state index >= 15 is 0 Å². The lowest BCUT2D eigenvalue weighted by Crippen LogP contribution is -2.43. The number of fused-ring (bicyclic) bond motifs is 1. The number of carbonyl (C=O) groups is 1. The van der Waals surface area contributed by atoms with Crippen LogP contribution >= 0.6 is 11.7 Å². The van der Waals surface area contributed by atoms with Gasteiger partial charge in [-0.15, -0.1) is 0 Å². The zero-order chi connectivity index (χ0) is 19.9. The molecule has 1 fully saturated rings. The van der Waals surface area contributed by atoms with E-state index in [-0.39, 0.29) is 11.4 Å². The Bertz CT molecular complexity index is 1160. The van der Waals surface area contributed by atoms with Crippen molar-refractivity contribution in [1.29, 1.82) is 0 Å². The number of hydrogen-bond donors (Lipinski definition) is 1. The maximum Gasteiger partial charge on any atom is 0.246 e. The quantitative estimate of drug-likeness (QED) is 0.701. The molecule has 0 radical (unpaired) electrons. The largest absolute Gasteiger partial charge is 0.325 e. The van der Waals surface area contributed by atoms with Crippen molar-refractivity contribution in [3.8, 4) is 0 Å². The van der Waals surface area contributed by atoms with E-state index in [0.29, 0.717) is 35.1 Å². The highest BCUT2D eigenvalue weighted by Crippen LogP contribution is 2.30. The summed E-state index contributed by atoms with van der Waals surface area (Å²) >= 11 is 0.939. The van der Waals surface area contributed by atoms with Gasteiger partial charge >= 0.3 is 0 Å². The highest BCUT2D eigenvalue weighted by molar-refractivity contribution is 7.89. The lowest BCUT2D eigenvalue weighted by Gasteiger charge is -2.23. The van der Waals surface area contributed by atoms with Crippen molar-refractivity contribution < 1.29 is 17.6 Å². The zero-order valence-corrected chi connectivity index (χ0v) is 16.6. The summed E-state index contributed by atoms with van der Waals surface area (Å²) in [5.74, 6) is -0.913. The van der Waals surface area contributed by atoms with Crippen LogP contribution in [0.5, 0.6) is 0 Å². The van der Waals surface area contributed by atoms with Gasteiger partial charge in [-0.2, -0.15) is 13.1 Å². The summed E-state index contributed by atoms with van der Waals surface area (Å²) in [6.07, 6.45) is 0.954. The molecule has 1 N–H and O–H groups in total. The Morgan fingerprint density at radius 1 is 1.29 bits per heavy atom. The third-order valence-electron chi connectivity index (χ3n) is 4.78. The number of hydrogen-bond acceptors (Lipinski definition) is 6. The molecule has 0 spiro atoms. The molecule has 7 nitrogen and oxygen atoms in total. The van der Waals surface area contributed by atoms with Gasteiger partial charge in [-0.05, 0) is 49.6 Å². The molecule has 3 aromatic rings. The van der Waals surface area contributed by atoms with E-state index in [1.165, 1.54) is 16.4 Å². The summed E-state index contributed by atoms with van der Waals surface area (Å²) in [6, 6.07) is 8.28. The molecule has 2 aromatic carbocycles. The number of carbonyl (C=O) groups excluding carboxylic acids is 1. The van der Waals surface area contributed by atoms with Crippen LogP contribution in [0.2, 0.25) is 0 Å². The Labute approximate surface area is 165 Å². The van der Waals surface area contributed by atoms with Crippen LogP contribution in [-0.4, -0.2) is 40.0 Å². The highest BCUT2D eigenvalue weighted by atomic mass is 32.2. The summed E-state index contributed by atoms with van der Waals surface area (Å²) in [5, 5.41) is 2.63. The first-order valence-corrected chi connectivity index (χ1v) is 10.8. The third-order valence-corrected chi connectivity index (χ3v) is 7.26. The van der Waals surface area contributed by atoms with E-state index in [4.69, 9.17) is 0 Å². The van der Waals surface area contributed by atoms with E-state index in [0.717, 1.165) is 11.7 Å². The molecular formula is C18H17FN4O3S2. The lowest BCUT2D eigenvalue weighted by atomic mass is 10.2. The zero-order valence-electron chi connectivity index (χ0n) is 14.9. The van der Waals surface area contributed by atoms with E-state index in [1.54, 1.807) is 31.2 Å². The van der Waals surface area contributed by atoms with Crippen LogP contribution in [0.25, 0.3) is 11.0 Å². The molecule has 1 aromatic heterocycles. The topological polar surface area (TPSA) is 92.3 Å². The molecule has 0 bridgehead atoms. The van der Waals surface area contributed by atoms with Crippen LogP contribution in [0.15, 0.2) is 41.3 Å². The third kappa shape index (κ3) is 3.27. The molecule has 1 aliphatic rings. The average Bonchev–Trinajstić information content (AvgIpc) is 3.33. The second-order valence-corrected chi connectivity index (χ2v) is 9.00. The van der Waals surface area contributed by atoms with Gasteiger partial charge in [-0.1, -0.05) is 12.1 Å². The summed E-state index contributed by atoms with van der Waals surface area (Å²) < 4.78 is 49.6. The van der Waals surface area contributed by atoms with Crippen molar-refractivity contribution >= 4 is 44.4 Å². The minimum atomic E-state index is -3.93. The second-order valence-electron chi connectivity index (χ2n) is 6.62. The number of nitrogens with one attached hydrogen (secondary N) is 1. The standard InChI is InChI=1S/C18H17FN4O3S2/c1-11-7-8-12(10-13(11)19)20-18(24)15-5-3-9-23(15)28(25,26)16-6-2-4-14-17(16)22-27-21-14/h2,4,6-8,10,15H,3,5,9H2,1H3,(H,20,24)/t15-/m0/s1. The van der Waals surface area contributed by atoms with Gasteiger partial charge in [0.25, 0.3) is 0 Å². The summed E-state index contributed by atoms with van der Waals surface area (Å²) in [5.41, 5.74) is 1.57. The fourth-order valence-corrected chi connectivity index (χ4v) is 5.71. The second kappa shape index (κ2) is 7.19. The fourth-order valence-electron chi connectivity index (χ4n) is 3.30. The number of anilines is 1. The lowest BCUT2D eigenvalue weighted by molar-refractivity contribution is -0.119. The predicted octanol–water partition coefficient (Wildman–Crippen LogP) is 2.93. The molecule has 1 saturated heterocycles. The predicted molar refractivity (Wildman–Crippen MR) is 104 cm³/mol. The van der Waals surface area contributed by atoms with Crippen molar-refractivity contribution in [2.45, 2.75) is 30.7 Å². The molecule has 28 heavy (non-hydrogen) atoms. The Morgan fingerprint density at radius 3 is 2.89 bits per heavy atom. The average molecular weight is 420 g/mol. The number of amides is 1. The van der Waals surface area contributed by atoms with Crippen LogP contribution in [0.3, 0.4) is 0 Å². The Morgan fingerprint density at radius 2 is 2.11 bits per heavy atom.